The molecule has 7 heteroatoms. The molecule has 1 aliphatic carbocycles. The van der Waals surface area contributed by atoms with Crippen LogP contribution >= 0.6 is 0 Å². The first-order valence-corrected chi connectivity index (χ1v) is 11.5. The molecule has 32 heavy (non-hydrogen) atoms. The molecule has 0 saturated carbocycles. The Bertz CT molecular complexity index is 994. The van der Waals surface area contributed by atoms with E-state index in [9.17, 15) is 9.18 Å². The highest BCUT2D eigenvalue weighted by Crippen LogP contribution is 2.28. The fourth-order valence-corrected chi connectivity index (χ4v) is 4.53. The molecule has 1 aliphatic heterocycles. The van der Waals surface area contributed by atoms with Gasteiger partial charge in [0.2, 0.25) is 0 Å². The average Bonchev–Trinajstić information content (AvgIpc) is 3.06. The molecule has 2 aromatic rings. The molecular weight excluding hydrogens is 405 g/mol. The van der Waals surface area contributed by atoms with E-state index in [-0.39, 0.29) is 11.7 Å². The van der Waals surface area contributed by atoms with Crippen LogP contribution in [-0.4, -0.2) is 51.8 Å². The molecule has 1 aromatic heterocycles. The van der Waals surface area contributed by atoms with Crippen LogP contribution in [-0.2, 0) is 19.4 Å². The Morgan fingerprint density at radius 1 is 1.19 bits per heavy atom. The molecule has 2 aliphatic rings. The minimum Gasteiger partial charge on any atom is -0.352 e. The molecule has 0 saturated heterocycles. The van der Waals surface area contributed by atoms with Crippen LogP contribution in [0.5, 0.6) is 0 Å². The van der Waals surface area contributed by atoms with Crippen molar-refractivity contribution < 1.29 is 9.18 Å². The summed E-state index contributed by atoms with van der Waals surface area (Å²) in [4.78, 5) is 14.7. The van der Waals surface area contributed by atoms with Gasteiger partial charge >= 0.3 is 0 Å². The third-order valence-electron chi connectivity index (χ3n) is 6.56. The lowest BCUT2D eigenvalue weighted by Crippen LogP contribution is -2.30. The zero-order valence-corrected chi connectivity index (χ0v) is 18.8. The van der Waals surface area contributed by atoms with E-state index in [0.717, 1.165) is 50.7 Å². The second-order valence-electron chi connectivity index (χ2n) is 8.90. The molecule has 0 fully saturated rings. The second-order valence-corrected chi connectivity index (χ2v) is 8.90. The third-order valence-corrected chi connectivity index (χ3v) is 6.56. The van der Waals surface area contributed by atoms with Crippen LogP contribution in [0.1, 0.15) is 48.2 Å². The van der Waals surface area contributed by atoms with Gasteiger partial charge in [-0.25, -0.2) is 4.39 Å². The number of hydrogen-bond donors (Lipinski definition) is 1. The summed E-state index contributed by atoms with van der Waals surface area (Å²) in [6, 6.07) is 5.56. The summed E-state index contributed by atoms with van der Waals surface area (Å²) < 4.78 is 15.2. The van der Waals surface area contributed by atoms with Crippen LogP contribution in [0, 0.1) is 11.7 Å². The number of allylic oxidation sites excluding steroid dienone is 2. The average molecular weight is 438 g/mol. The van der Waals surface area contributed by atoms with E-state index < -0.39 is 0 Å². The number of carbonyl (C=O) groups excluding carboxylic acids is 1. The van der Waals surface area contributed by atoms with Crippen LogP contribution < -0.4 is 5.32 Å². The van der Waals surface area contributed by atoms with Crippen molar-refractivity contribution >= 4 is 5.91 Å². The molecule has 0 radical (unpaired) electrons. The summed E-state index contributed by atoms with van der Waals surface area (Å²) in [6.07, 6.45) is 7.43. The summed E-state index contributed by atoms with van der Waals surface area (Å²) in [5.74, 6) is 2.01. The van der Waals surface area contributed by atoms with E-state index >= 15 is 0 Å². The van der Waals surface area contributed by atoms with Crippen molar-refractivity contribution in [1.82, 2.24) is 25.0 Å². The number of carbonyl (C=O) groups is 1. The van der Waals surface area contributed by atoms with Crippen LogP contribution in [0.25, 0.3) is 0 Å². The summed E-state index contributed by atoms with van der Waals surface area (Å²) in [7, 11) is 0. The first-order chi connectivity index (χ1) is 15.5. The Labute approximate surface area is 189 Å². The third kappa shape index (κ3) is 5.51. The molecule has 4 rings (SSSR count). The lowest BCUT2D eigenvalue weighted by molar-refractivity contribution is 0.0954. The first-order valence-electron chi connectivity index (χ1n) is 11.5. The largest absolute Gasteiger partial charge is 0.352 e. The van der Waals surface area contributed by atoms with Gasteiger partial charge in [0.15, 0.2) is 0 Å². The molecule has 1 atom stereocenters. The number of benzene rings is 1. The van der Waals surface area contributed by atoms with Gasteiger partial charge in [-0.05, 0) is 56.4 Å². The summed E-state index contributed by atoms with van der Waals surface area (Å²) in [5, 5.41) is 11.6. The van der Waals surface area contributed by atoms with Gasteiger partial charge in [0, 0.05) is 51.1 Å². The van der Waals surface area contributed by atoms with Crippen molar-refractivity contribution in [2.24, 2.45) is 5.92 Å². The van der Waals surface area contributed by atoms with Crippen molar-refractivity contribution in [2.75, 3.05) is 26.2 Å². The predicted molar refractivity (Wildman–Crippen MR) is 123 cm³/mol. The van der Waals surface area contributed by atoms with Crippen LogP contribution in [0.2, 0.25) is 0 Å². The minimum atomic E-state index is -0.349. The van der Waals surface area contributed by atoms with E-state index in [2.05, 4.69) is 44.6 Å². The van der Waals surface area contributed by atoms with Crippen molar-refractivity contribution in [3.8, 4) is 0 Å². The fraction of sp³-hybridized carbons (Fsp3) is 0.480. The summed E-state index contributed by atoms with van der Waals surface area (Å²) in [6.45, 7) is 10.6. The van der Waals surface area contributed by atoms with E-state index in [1.807, 2.05) is 0 Å². The summed E-state index contributed by atoms with van der Waals surface area (Å²) >= 11 is 0. The zero-order chi connectivity index (χ0) is 22.5. The molecule has 2 heterocycles. The van der Waals surface area contributed by atoms with E-state index in [1.54, 1.807) is 5.57 Å². The number of rotatable bonds is 7. The molecular formula is C25H32FN5O. The highest BCUT2D eigenvalue weighted by atomic mass is 19.1. The van der Waals surface area contributed by atoms with Gasteiger partial charge < -0.3 is 9.88 Å². The second kappa shape index (κ2) is 10.2. The smallest absolute Gasteiger partial charge is 0.251 e. The molecule has 6 nitrogen and oxygen atoms in total. The summed E-state index contributed by atoms with van der Waals surface area (Å²) in [5.41, 5.74) is 3.30. The van der Waals surface area contributed by atoms with Crippen LogP contribution in [0.15, 0.2) is 48.1 Å². The van der Waals surface area contributed by atoms with Crippen molar-refractivity contribution in [3.63, 3.8) is 0 Å². The first kappa shape index (κ1) is 22.4. The van der Waals surface area contributed by atoms with E-state index in [1.165, 1.54) is 42.7 Å². The maximum atomic E-state index is 13.0. The number of halogens is 1. The van der Waals surface area contributed by atoms with E-state index in [0.29, 0.717) is 24.4 Å². The van der Waals surface area contributed by atoms with Gasteiger partial charge in [0.1, 0.15) is 17.5 Å². The highest BCUT2D eigenvalue weighted by Gasteiger charge is 2.21. The standard InChI is InChI=1S/C25H32FN5O/c1-18(2)20-5-3-19(4-6-20)17-30-14-12-24-29-28-23(31(24)16-15-30)11-13-27-25(32)21-7-9-22(26)10-8-21/h3,7-10,20H,1,4-6,11-17H2,2H3,(H,27,32)/t20-/m1/s1. The Morgan fingerprint density at radius 2 is 2.00 bits per heavy atom. The van der Waals surface area contributed by atoms with Gasteiger partial charge in [-0.2, -0.15) is 0 Å². The lowest BCUT2D eigenvalue weighted by atomic mass is 9.85. The number of amides is 1. The Balaban J connectivity index is 1.27. The molecule has 0 bridgehead atoms. The predicted octanol–water partition coefficient (Wildman–Crippen LogP) is 3.55. The quantitative estimate of drug-likeness (QED) is 0.673. The van der Waals surface area contributed by atoms with E-state index in [4.69, 9.17) is 0 Å². The van der Waals surface area contributed by atoms with Crippen molar-refractivity contribution in [1.29, 1.82) is 0 Å². The molecule has 1 aromatic carbocycles. The number of aromatic nitrogens is 3. The monoisotopic (exact) mass is 437 g/mol. The van der Waals surface area contributed by atoms with Crippen molar-refractivity contribution in [2.45, 2.75) is 45.6 Å². The van der Waals surface area contributed by atoms with Gasteiger partial charge in [0.05, 0.1) is 0 Å². The highest BCUT2D eigenvalue weighted by molar-refractivity contribution is 5.94. The molecule has 0 spiro atoms. The Hall–Kier alpha value is -2.80. The maximum absolute atomic E-state index is 13.0. The van der Waals surface area contributed by atoms with Gasteiger partial charge in [-0.15, -0.1) is 10.2 Å². The Morgan fingerprint density at radius 3 is 2.72 bits per heavy atom. The topological polar surface area (TPSA) is 63.1 Å². The van der Waals surface area contributed by atoms with Gasteiger partial charge in [-0.1, -0.05) is 23.8 Å². The molecule has 170 valence electrons. The number of nitrogens with one attached hydrogen (secondary N) is 1. The van der Waals surface area contributed by atoms with Crippen molar-refractivity contribution in [3.05, 3.63) is 71.1 Å². The van der Waals surface area contributed by atoms with Crippen LogP contribution in [0.4, 0.5) is 4.39 Å². The number of hydrogen-bond acceptors (Lipinski definition) is 4. The van der Waals surface area contributed by atoms with Gasteiger partial charge in [0.25, 0.3) is 5.91 Å². The van der Waals surface area contributed by atoms with Gasteiger partial charge in [-0.3, -0.25) is 9.69 Å². The molecule has 0 unspecified atom stereocenters. The minimum absolute atomic E-state index is 0.207. The zero-order valence-electron chi connectivity index (χ0n) is 18.8. The number of fused-ring (bicyclic) bond motifs is 1. The number of nitrogens with zero attached hydrogens (tertiary/aromatic N) is 4. The molecule has 1 amide bonds. The SMILES string of the molecule is C=C(C)[C@@H]1CC=C(CN2CCc3nnc(CCNC(=O)c4ccc(F)cc4)n3CC2)CC1. The lowest BCUT2D eigenvalue weighted by Gasteiger charge is -2.26. The molecule has 1 N–H and O–H groups in total. The van der Waals surface area contributed by atoms with Crippen LogP contribution in [0.3, 0.4) is 0 Å². The normalized spacial score (nSPS) is 19.1. The Kier molecular flexibility index (Phi) is 7.15. The fourth-order valence-electron chi connectivity index (χ4n) is 4.53. The maximum Gasteiger partial charge on any atom is 0.251 e.